The van der Waals surface area contributed by atoms with Gasteiger partial charge in [0.1, 0.15) is 0 Å². The molecule has 0 aromatic carbocycles. The zero-order valence-corrected chi connectivity index (χ0v) is 12.4. The zero-order valence-electron chi connectivity index (χ0n) is 12.4. The summed E-state index contributed by atoms with van der Waals surface area (Å²) in [7, 11) is 0. The molecule has 1 heterocycles. The normalized spacial score (nSPS) is 26.9. The lowest BCUT2D eigenvalue weighted by Gasteiger charge is -2.44. The molecule has 1 rings (SSSR count). The Balaban J connectivity index is 2.78. The maximum Gasteiger partial charge on any atom is 0.239 e. The third-order valence-electron chi connectivity index (χ3n) is 4.24. The lowest BCUT2D eigenvalue weighted by Crippen LogP contribution is -2.57. The third kappa shape index (κ3) is 3.23. The Hall–Kier alpha value is -0.610. The Labute approximate surface area is 111 Å². The fourth-order valence-corrected chi connectivity index (χ4v) is 3.17. The predicted molar refractivity (Wildman–Crippen MR) is 75.4 cm³/mol. The predicted octanol–water partition coefficient (Wildman–Crippen LogP) is 1.45. The van der Waals surface area contributed by atoms with Crippen molar-refractivity contribution in [3.63, 3.8) is 0 Å². The number of carbonyl (C=O) groups excluding carboxylic acids is 1. The Kier molecular flexibility index (Phi) is 6.09. The minimum absolute atomic E-state index is 0.0475. The Morgan fingerprint density at radius 1 is 1.39 bits per heavy atom. The average Bonchev–Trinajstić information content (AvgIpc) is 2.38. The second kappa shape index (κ2) is 7.10. The Morgan fingerprint density at radius 2 is 2.00 bits per heavy atom. The summed E-state index contributed by atoms with van der Waals surface area (Å²) in [4.78, 5) is 16.7. The van der Waals surface area contributed by atoms with Crippen molar-refractivity contribution in [2.75, 3.05) is 19.6 Å². The molecule has 0 radical (unpaired) electrons. The average molecular weight is 255 g/mol. The van der Waals surface area contributed by atoms with Crippen LogP contribution in [0.2, 0.25) is 0 Å². The summed E-state index contributed by atoms with van der Waals surface area (Å²) >= 11 is 0. The van der Waals surface area contributed by atoms with Crippen LogP contribution in [0.5, 0.6) is 0 Å². The Bertz CT molecular complexity index is 266. The van der Waals surface area contributed by atoms with Crippen LogP contribution in [0, 0.1) is 0 Å². The molecule has 1 aliphatic heterocycles. The molecule has 0 bridgehead atoms. The molecule has 1 amide bonds. The van der Waals surface area contributed by atoms with Gasteiger partial charge in [-0.1, -0.05) is 6.42 Å². The van der Waals surface area contributed by atoms with Crippen LogP contribution in [0.1, 0.15) is 47.0 Å². The van der Waals surface area contributed by atoms with Gasteiger partial charge in [-0.05, 0) is 40.5 Å². The van der Waals surface area contributed by atoms with Crippen LogP contribution in [-0.4, -0.2) is 53.5 Å². The first-order valence-corrected chi connectivity index (χ1v) is 7.33. The van der Waals surface area contributed by atoms with Gasteiger partial charge in [-0.2, -0.15) is 0 Å². The number of likely N-dealkylation sites (tertiary alicyclic amines) is 1. The van der Waals surface area contributed by atoms with Gasteiger partial charge in [-0.3, -0.25) is 9.69 Å². The number of hydrogen-bond donors (Lipinski definition) is 1. The van der Waals surface area contributed by atoms with Gasteiger partial charge in [-0.15, -0.1) is 0 Å². The number of carbonyl (C=O) groups is 1. The molecule has 106 valence electrons. The zero-order chi connectivity index (χ0) is 13.7. The minimum atomic E-state index is -0.0475. The van der Waals surface area contributed by atoms with Gasteiger partial charge in [0.05, 0.1) is 6.04 Å². The molecule has 0 aromatic heterocycles. The molecule has 0 aliphatic carbocycles. The number of rotatable bonds is 5. The molecule has 0 saturated carbocycles. The van der Waals surface area contributed by atoms with Crippen molar-refractivity contribution in [2.24, 2.45) is 5.73 Å². The second-order valence-corrected chi connectivity index (χ2v) is 5.30. The SMILES string of the molecule is CCN(CC)C(=O)C(C)N1C(C)CCCC1CN. The van der Waals surface area contributed by atoms with Gasteiger partial charge >= 0.3 is 0 Å². The molecule has 3 unspecified atom stereocenters. The first-order valence-electron chi connectivity index (χ1n) is 7.33. The van der Waals surface area contributed by atoms with E-state index >= 15 is 0 Å². The standard InChI is InChI=1S/C14H29N3O/c1-5-16(6-2)14(18)12(4)17-11(3)8-7-9-13(17)10-15/h11-13H,5-10,15H2,1-4H3. The molecule has 4 heteroatoms. The smallest absolute Gasteiger partial charge is 0.239 e. The highest BCUT2D eigenvalue weighted by Crippen LogP contribution is 2.25. The van der Waals surface area contributed by atoms with E-state index in [9.17, 15) is 4.79 Å². The van der Waals surface area contributed by atoms with Gasteiger partial charge in [0, 0.05) is 31.7 Å². The first kappa shape index (κ1) is 15.4. The summed E-state index contributed by atoms with van der Waals surface area (Å²) in [5, 5.41) is 0. The van der Waals surface area contributed by atoms with Gasteiger partial charge in [0.15, 0.2) is 0 Å². The topological polar surface area (TPSA) is 49.6 Å². The van der Waals surface area contributed by atoms with Gasteiger partial charge in [0.2, 0.25) is 5.91 Å². The molecule has 1 saturated heterocycles. The number of hydrogen-bond acceptors (Lipinski definition) is 3. The van der Waals surface area contributed by atoms with Crippen molar-refractivity contribution in [3.8, 4) is 0 Å². The van der Waals surface area contributed by atoms with Crippen LogP contribution < -0.4 is 5.73 Å². The number of nitrogens with zero attached hydrogens (tertiary/aromatic N) is 2. The summed E-state index contributed by atoms with van der Waals surface area (Å²) in [5.41, 5.74) is 5.87. The van der Waals surface area contributed by atoms with Crippen molar-refractivity contribution < 1.29 is 4.79 Å². The van der Waals surface area contributed by atoms with Crippen molar-refractivity contribution >= 4 is 5.91 Å². The van der Waals surface area contributed by atoms with Crippen molar-refractivity contribution in [1.82, 2.24) is 9.80 Å². The van der Waals surface area contributed by atoms with E-state index < -0.39 is 0 Å². The molecule has 0 spiro atoms. The van der Waals surface area contributed by atoms with Crippen LogP contribution in [0.3, 0.4) is 0 Å². The summed E-state index contributed by atoms with van der Waals surface area (Å²) in [6.07, 6.45) is 3.52. The third-order valence-corrected chi connectivity index (χ3v) is 4.24. The molecule has 0 aromatic rings. The summed E-state index contributed by atoms with van der Waals surface area (Å²) < 4.78 is 0. The highest BCUT2D eigenvalue weighted by atomic mass is 16.2. The van der Waals surface area contributed by atoms with Crippen molar-refractivity contribution in [1.29, 1.82) is 0 Å². The van der Waals surface area contributed by atoms with E-state index in [2.05, 4.69) is 11.8 Å². The minimum Gasteiger partial charge on any atom is -0.342 e. The molecule has 3 atom stereocenters. The number of amides is 1. The van der Waals surface area contributed by atoms with Crippen LogP contribution in [0.15, 0.2) is 0 Å². The van der Waals surface area contributed by atoms with E-state index in [0.29, 0.717) is 18.6 Å². The Morgan fingerprint density at radius 3 is 2.50 bits per heavy atom. The van der Waals surface area contributed by atoms with E-state index in [1.807, 2.05) is 25.7 Å². The first-order chi connectivity index (χ1) is 8.56. The molecule has 1 aliphatic rings. The van der Waals surface area contributed by atoms with Gasteiger partial charge < -0.3 is 10.6 Å². The van der Waals surface area contributed by atoms with E-state index in [1.54, 1.807) is 0 Å². The lowest BCUT2D eigenvalue weighted by atomic mass is 9.94. The van der Waals surface area contributed by atoms with E-state index in [1.165, 1.54) is 12.8 Å². The highest BCUT2D eigenvalue weighted by molar-refractivity contribution is 5.81. The van der Waals surface area contributed by atoms with Crippen molar-refractivity contribution in [3.05, 3.63) is 0 Å². The summed E-state index contributed by atoms with van der Waals surface area (Å²) in [5.74, 6) is 0.243. The number of piperidine rings is 1. The van der Waals surface area contributed by atoms with Crippen LogP contribution in [-0.2, 0) is 4.79 Å². The molecular weight excluding hydrogens is 226 g/mol. The quantitative estimate of drug-likeness (QED) is 0.809. The fourth-order valence-electron chi connectivity index (χ4n) is 3.17. The molecule has 4 nitrogen and oxygen atoms in total. The summed E-state index contributed by atoms with van der Waals surface area (Å²) in [6, 6.07) is 0.777. The van der Waals surface area contributed by atoms with Crippen LogP contribution >= 0.6 is 0 Å². The van der Waals surface area contributed by atoms with Gasteiger partial charge in [-0.25, -0.2) is 0 Å². The fraction of sp³-hybridized carbons (Fsp3) is 0.929. The largest absolute Gasteiger partial charge is 0.342 e. The molecule has 18 heavy (non-hydrogen) atoms. The maximum atomic E-state index is 12.5. The van der Waals surface area contributed by atoms with Crippen LogP contribution in [0.4, 0.5) is 0 Å². The van der Waals surface area contributed by atoms with Gasteiger partial charge in [0.25, 0.3) is 0 Å². The summed E-state index contributed by atoms with van der Waals surface area (Å²) in [6.45, 7) is 10.5. The number of nitrogens with two attached hydrogens (primary N) is 1. The maximum absolute atomic E-state index is 12.5. The second-order valence-electron chi connectivity index (χ2n) is 5.30. The van der Waals surface area contributed by atoms with Crippen LogP contribution in [0.25, 0.3) is 0 Å². The molecule has 1 fully saturated rings. The van der Waals surface area contributed by atoms with E-state index in [-0.39, 0.29) is 11.9 Å². The van der Waals surface area contributed by atoms with E-state index in [0.717, 1.165) is 19.5 Å². The highest BCUT2D eigenvalue weighted by Gasteiger charge is 2.34. The van der Waals surface area contributed by atoms with E-state index in [4.69, 9.17) is 5.73 Å². The number of likely N-dealkylation sites (N-methyl/N-ethyl adjacent to an activating group) is 1. The molecule has 2 N–H and O–H groups in total. The monoisotopic (exact) mass is 255 g/mol. The lowest BCUT2D eigenvalue weighted by molar-refractivity contribution is -0.138. The molecular formula is C14H29N3O. The van der Waals surface area contributed by atoms with Crippen molar-refractivity contribution in [2.45, 2.75) is 65.1 Å².